The van der Waals surface area contributed by atoms with Gasteiger partial charge in [-0.2, -0.15) is 0 Å². The Hall–Kier alpha value is -3.01. The van der Waals surface area contributed by atoms with Crippen LogP contribution in [0.3, 0.4) is 0 Å². The molecule has 126 valence electrons. The maximum Gasteiger partial charge on any atom is 0.255 e. The molecule has 0 aliphatic carbocycles. The fraction of sp³-hybridized carbons (Fsp3) is 0.190. The first-order chi connectivity index (χ1) is 12.1. The van der Waals surface area contributed by atoms with E-state index in [4.69, 9.17) is 4.74 Å². The van der Waals surface area contributed by atoms with Crippen LogP contribution in [-0.4, -0.2) is 12.0 Å². The Morgan fingerprint density at radius 3 is 2.52 bits per heavy atom. The number of hydrogen-bond donors (Lipinski definition) is 2. The monoisotopic (exact) mass is 332 g/mol. The van der Waals surface area contributed by atoms with Gasteiger partial charge in [0, 0.05) is 11.3 Å². The van der Waals surface area contributed by atoms with Gasteiger partial charge < -0.3 is 15.4 Å². The summed E-state index contributed by atoms with van der Waals surface area (Å²) in [6, 6.07) is 19.7. The Bertz CT molecular complexity index is 950. The van der Waals surface area contributed by atoms with Crippen molar-refractivity contribution in [1.82, 2.24) is 5.32 Å². The zero-order valence-corrected chi connectivity index (χ0v) is 14.2. The highest BCUT2D eigenvalue weighted by atomic mass is 16.5. The van der Waals surface area contributed by atoms with Crippen molar-refractivity contribution >= 4 is 22.4 Å². The summed E-state index contributed by atoms with van der Waals surface area (Å²) in [6.07, 6.45) is -0.297. The van der Waals surface area contributed by atoms with Crippen LogP contribution in [0, 0.1) is 0 Å². The Kier molecular flexibility index (Phi) is 3.80. The molecule has 3 aromatic rings. The number of amides is 1. The summed E-state index contributed by atoms with van der Waals surface area (Å²) in [5, 5.41) is 8.68. The highest BCUT2D eigenvalue weighted by Gasteiger charge is 2.28. The third-order valence-corrected chi connectivity index (χ3v) is 4.33. The van der Waals surface area contributed by atoms with Crippen LogP contribution in [-0.2, 0) is 0 Å². The molecule has 4 rings (SSSR count). The van der Waals surface area contributed by atoms with Gasteiger partial charge in [-0.3, -0.25) is 4.79 Å². The van der Waals surface area contributed by atoms with Crippen LogP contribution in [0.15, 0.2) is 60.7 Å². The summed E-state index contributed by atoms with van der Waals surface area (Å²) in [4.78, 5) is 12.5. The van der Waals surface area contributed by atoms with E-state index in [2.05, 4.69) is 28.8 Å². The minimum Gasteiger partial charge on any atom is -0.491 e. The summed E-state index contributed by atoms with van der Waals surface area (Å²) < 4.78 is 6.04. The number of rotatable bonds is 3. The number of para-hydroxylation sites is 1. The zero-order chi connectivity index (χ0) is 17.4. The molecule has 0 saturated heterocycles. The van der Waals surface area contributed by atoms with E-state index in [-0.39, 0.29) is 18.2 Å². The molecule has 1 aliphatic rings. The number of benzene rings is 3. The van der Waals surface area contributed by atoms with E-state index in [1.165, 1.54) is 0 Å². The second-order valence-electron chi connectivity index (χ2n) is 6.46. The summed E-state index contributed by atoms with van der Waals surface area (Å²) in [6.45, 7) is 4.00. The second kappa shape index (κ2) is 6.13. The lowest BCUT2D eigenvalue weighted by atomic mass is 9.98. The summed E-state index contributed by atoms with van der Waals surface area (Å²) in [7, 11) is 0. The molecule has 2 N–H and O–H groups in total. The van der Waals surface area contributed by atoms with Crippen LogP contribution >= 0.6 is 0 Å². The van der Waals surface area contributed by atoms with E-state index in [0.29, 0.717) is 5.56 Å². The smallest absolute Gasteiger partial charge is 0.255 e. The van der Waals surface area contributed by atoms with Crippen LogP contribution in [0.5, 0.6) is 5.75 Å². The molecule has 1 unspecified atom stereocenters. The number of nitrogens with one attached hydrogen (secondary N) is 2. The minimum atomic E-state index is -0.345. The third kappa shape index (κ3) is 2.80. The van der Waals surface area contributed by atoms with Crippen molar-refractivity contribution in [3.05, 3.63) is 71.8 Å². The van der Waals surface area contributed by atoms with Crippen molar-refractivity contribution in [2.45, 2.75) is 26.1 Å². The molecule has 4 nitrogen and oxygen atoms in total. The van der Waals surface area contributed by atoms with Gasteiger partial charge >= 0.3 is 0 Å². The van der Waals surface area contributed by atoms with Crippen molar-refractivity contribution in [3.8, 4) is 5.75 Å². The van der Waals surface area contributed by atoms with Crippen molar-refractivity contribution in [3.63, 3.8) is 0 Å². The van der Waals surface area contributed by atoms with E-state index in [9.17, 15) is 4.79 Å². The van der Waals surface area contributed by atoms with Gasteiger partial charge in [-0.05, 0) is 42.8 Å². The molecule has 0 spiro atoms. The number of fused-ring (bicyclic) bond motifs is 2. The lowest BCUT2D eigenvalue weighted by Crippen LogP contribution is -2.38. The standard InChI is InChI=1S/C21H20N2O2/c1-13(2)25-18-12-11-14-7-3-4-8-15(14)19(18)20-22-17-10-6-5-9-16(17)21(24)23-20/h3-13,20,22H,1-2H3,(H,23,24). The maximum atomic E-state index is 12.5. The number of hydrogen-bond acceptors (Lipinski definition) is 3. The Balaban J connectivity index is 1.86. The number of ether oxygens (including phenoxy) is 1. The molecule has 25 heavy (non-hydrogen) atoms. The molecular formula is C21H20N2O2. The van der Waals surface area contributed by atoms with Crippen molar-refractivity contribution in [2.75, 3.05) is 5.32 Å². The Morgan fingerprint density at radius 2 is 1.68 bits per heavy atom. The van der Waals surface area contributed by atoms with Crippen molar-refractivity contribution < 1.29 is 9.53 Å². The van der Waals surface area contributed by atoms with E-state index >= 15 is 0 Å². The van der Waals surface area contributed by atoms with Crippen LogP contribution < -0.4 is 15.4 Å². The van der Waals surface area contributed by atoms with Gasteiger partial charge in [-0.1, -0.05) is 42.5 Å². The molecule has 1 aliphatic heterocycles. The molecule has 1 amide bonds. The Labute approximate surface area is 146 Å². The largest absolute Gasteiger partial charge is 0.491 e. The molecule has 0 fully saturated rings. The van der Waals surface area contributed by atoms with Gasteiger partial charge in [0.1, 0.15) is 11.9 Å². The van der Waals surface area contributed by atoms with Crippen molar-refractivity contribution in [1.29, 1.82) is 0 Å². The second-order valence-corrected chi connectivity index (χ2v) is 6.46. The zero-order valence-electron chi connectivity index (χ0n) is 14.2. The topological polar surface area (TPSA) is 50.4 Å². The van der Waals surface area contributed by atoms with Crippen LogP contribution in [0.2, 0.25) is 0 Å². The van der Waals surface area contributed by atoms with Gasteiger partial charge in [0.15, 0.2) is 0 Å². The average molecular weight is 332 g/mol. The molecule has 0 radical (unpaired) electrons. The highest BCUT2D eigenvalue weighted by Crippen LogP contribution is 2.36. The van der Waals surface area contributed by atoms with Gasteiger partial charge in [-0.25, -0.2) is 0 Å². The van der Waals surface area contributed by atoms with E-state index < -0.39 is 0 Å². The molecule has 1 atom stereocenters. The summed E-state index contributed by atoms with van der Waals surface area (Å²) >= 11 is 0. The van der Waals surface area contributed by atoms with Crippen LogP contribution in [0.25, 0.3) is 10.8 Å². The fourth-order valence-electron chi connectivity index (χ4n) is 3.28. The van der Waals surface area contributed by atoms with Crippen LogP contribution in [0.1, 0.15) is 35.9 Å². The van der Waals surface area contributed by atoms with E-state index in [1.54, 1.807) is 0 Å². The SMILES string of the molecule is CC(C)Oc1ccc2ccccc2c1C1NC(=O)c2ccccc2N1. The molecule has 4 heteroatoms. The first kappa shape index (κ1) is 15.5. The van der Waals surface area contributed by atoms with E-state index in [0.717, 1.165) is 27.8 Å². The lowest BCUT2D eigenvalue weighted by molar-refractivity contribution is 0.0935. The lowest BCUT2D eigenvalue weighted by Gasteiger charge is -2.30. The normalized spacial score (nSPS) is 16.3. The van der Waals surface area contributed by atoms with Gasteiger partial charge in [0.2, 0.25) is 0 Å². The van der Waals surface area contributed by atoms with Gasteiger partial charge in [0.05, 0.1) is 11.7 Å². The summed E-state index contributed by atoms with van der Waals surface area (Å²) in [5.41, 5.74) is 2.44. The van der Waals surface area contributed by atoms with Crippen LogP contribution in [0.4, 0.5) is 5.69 Å². The van der Waals surface area contributed by atoms with Gasteiger partial charge in [-0.15, -0.1) is 0 Å². The first-order valence-electron chi connectivity index (χ1n) is 8.48. The Morgan fingerprint density at radius 1 is 0.920 bits per heavy atom. The molecule has 3 aromatic carbocycles. The number of carbonyl (C=O) groups is 1. The molecular weight excluding hydrogens is 312 g/mol. The predicted molar refractivity (Wildman–Crippen MR) is 100.0 cm³/mol. The predicted octanol–water partition coefficient (Wildman–Crippen LogP) is 4.48. The third-order valence-electron chi connectivity index (χ3n) is 4.33. The number of carbonyl (C=O) groups excluding carboxylic acids is 1. The number of anilines is 1. The average Bonchev–Trinajstić information content (AvgIpc) is 2.61. The van der Waals surface area contributed by atoms with Crippen molar-refractivity contribution in [2.24, 2.45) is 0 Å². The molecule has 0 bridgehead atoms. The van der Waals surface area contributed by atoms with E-state index in [1.807, 2.05) is 56.3 Å². The minimum absolute atomic E-state index is 0.0477. The molecule has 1 heterocycles. The molecule has 0 aromatic heterocycles. The quantitative estimate of drug-likeness (QED) is 0.743. The summed E-state index contributed by atoms with van der Waals surface area (Å²) in [5.74, 6) is 0.702. The highest BCUT2D eigenvalue weighted by molar-refractivity contribution is 6.02. The maximum absolute atomic E-state index is 12.5. The molecule has 0 saturated carbocycles. The van der Waals surface area contributed by atoms with Gasteiger partial charge in [0.25, 0.3) is 5.91 Å². The first-order valence-corrected chi connectivity index (χ1v) is 8.48. The fourth-order valence-corrected chi connectivity index (χ4v) is 3.28.